The average molecular weight is 263 g/mol. The molecule has 17 heavy (non-hydrogen) atoms. The van der Waals surface area contributed by atoms with Crippen LogP contribution in [-0.4, -0.2) is 22.9 Å². The fraction of sp³-hybridized carbons (Fsp3) is 0.300. The maximum Gasteiger partial charge on any atom is 0.321 e. The molecule has 2 atom stereocenters. The molecule has 1 saturated heterocycles. The van der Waals surface area contributed by atoms with Crippen LogP contribution >= 0.6 is 11.8 Å². The van der Waals surface area contributed by atoms with Crippen molar-refractivity contribution >= 4 is 17.7 Å². The second kappa shape index (κ2) is 4.58. The number of hydrogen-bond donors (Lipinski definition) is 2. The number of carboxylic acids is 1. The molecule has 1 fully saturated rings. The predicted octanol–water partition coefficient (Wildman–Crippen LogP) is 1.89. The van der Waals surface area contributed by atoms with Crippen molar-refractivity contribution in [2.24, 2.45) is 0 Å². The average Bonchev–Trinajstić information content (AvgIpc) is 2.75. The van der Waals surface area contributed by atoms with Gasteiger partial charge in [0.1, 0.15) is 6.04 Å². The second-order valence-electron chi connectivity index (χ2n) is 3.54. The Balaban J connectivity index is 2.25. The molecule has 0 bridgehead atoms. The normalized spacial score (nSPS) is 23.9. The Labute approximate surface area is 99.0 Å². The number of nitrogens with one attached hydrogen (secondary N) is 1. The maximum atomic E-state index is 13.4. The summed E-state index contributed by atoms with van der Waals surface area (Å²) in [5, 5.41) is 10.7. The highest BCUT2D eigenvalue weighted by molar-refractivity contribution is 7.99. The molecule has 0 amide bonds. The van der Waals surface area contributed by atoms with Crippen LogP contribution in [0.2, 0.25) is 0 Å². The number of benzene rings is 1. The van der Waals surface area contributed by atoms with Crippen molar-refractivity contribution in [1.29, 1.82) is 0 Å². The molecule has 2 N–H and O–H groups in total. The Hall–Kier alpha value is -1.21. The van der Waals surface area contributed by atoms with E-state index in [0.717, 1.165) is 23.9 Å². The molecule has 0 aliphatic carbocycles. The van der Waals surface area contributed by atoms with Crippen LogP contribution < -0.4 is 5.32 Å². The highest BCUT2D eigenvalue weighted by atomic mass is 32.2. The monoisotopic (exact) mass is 263 g/mol. The molecular weight excluding hydrogens is 255 g/mol. The summed E-state index contributed by atoms with van der Waals surface area (Å²) in [6.07, 6.45) is 0. The van der Waals surface area contributed by atoms with Crippen LogP contribution in [0.1, 0.15) is 10.9 Å². The third kappa shape index (κ3) is 2.25. The molecule has 1 aliphatic rings. The van der Waals surface area contributed by atoms with Crippen LogP contribution in [0.5, 0.6) is 0 Å². The molecule has 1 heterocycles. The van der Waals surface area contributed by atoms with E-state index < -0.39 is 34.8 Å². The van der Waals surface area contributed by atoms with Gasteiger partial charge in [0.15, 0.2) is 17.5 Å². The van der Waals surface area contributed by atoms with Gasteiger partial charge in [0.05, 0.1) is 5.37 Å². The van der Waals surface area contributed by atoms with Crippen LogP contribution in [0.15, 0.2) is 12.1 Å². The van der Waals surface area contributed by atoms with E-state index in [1.54, 1.807) is 0 Å². The summed E-state index contributed by atoms with van der Waals surface area (Å²) in [6, 6.07) is 1.13. The van der Waals surface area contributed by atoms with Crippen LogP contribution in [0.3, 0.4) is 0 Å². The van der Waals surface area contributed by atoms with E-state index >= 15 is 0 Å². The summed E-state index contributed by atoms with van der Waals surface area (Å²) in [5.41, 5.74) is -0.0716. The fourth-order valence-electron chi connectivity index (χ4n) is 1.54. The molecule has 1 aromatic rings. The first-order chi connectivity index (χ1) is 8.00. The van der Waals surface area contributed by atoms with Gasteiger partial charge in [-0.05, 0) is 6.07 Å². The van der Waals surface area contributed by atoms with Crippen molar-refractivity contribution in [3.05, 3.63) is 35.1 Å². The maximum absolute atomic E-state index is 13.4. The number of carboxylic acid groups (broad SMARTS) is 1. The lowest BCUT2D eigenvalue weighted by atomic mass is 10.2. The van der Waals surface area contributed by atoms with Crippen LogP contribution in [-0.2, 0) is 4.79 Å². The fourth-order valence-corrected chi connectivity index (χ4v) is 2.78. The molecule has 1 aliphatic heterocycles. The van der Waals surface area contributed by atoms with Crippen molar-refractivity contribution in [2.75, 3.05) is 5.75 Å². The lowest BCUT2D eigenvalue weighted by molar-refractivity contribution is -0.138. The van der Waals surface area contributed by atoms with Gasteiger partial charge in [0.25, 0.3) is 0 Å². The molecule has 0 radical (unpaired) electrons. The summed E-state index contributed by atoms with van der Waals surface area (Å²) in [5.74, 6) is -4.88. The third-order valence-electron chi connectivity index (χ3n) is 2.43. The standard InChI is InChI=1S/C10H8F3NO2S/c11-5-2-1-4(7(12)8(5)13)9-14-6(3-17-9)10(15)16/h1-2,6,9,14H,3H2,(H,15,16)/t6-,9-/m1/s1. The zero-order chi connectivity index (χ0) is 12.6. The SMILES string of the molecule is O=C(O)[C@H]1CS[C@H](c2ccc(F)c(F)c2F)N1. The van der Waals surface area contributed by atoms with Crippen LogP contribution in [0.4, 0.5) is 13.2 Å². The van der Waals surface area contributed by atoms with E-state index in [-0.39, 0.29) is 11.3 Å². The van der Waals surface area contributed by atoms with Crippen molar-refractivity contribution in [1.82, 2.24) is 5.32 Å². The Morgan fingerprint density at radius 3 is 2.65 bits per heavy atom. The molecule has 0 unspecified atom stereocenters. The Bertz CT molecular complexity index is 469. The topological polar surface area (TPSA) is 49.3 Å². The number of thioether (sulfide) groups is 1. The first-order valence-corrected chi connectivity index (χ1v) is 5.79. The summed E-state index contributed by atoms with van der Waals surface area (Å²) < 4.78 is 39.1. The minimum absolute atomic E-state index is 0.0716. The molecule has 0 aromatic heterocycles. The van der Waals surface area contributed by atoms with E-state index in [0.29, 0.717) is 0 Å². The number of hydrogen-bond acceptors (Lipinski definition) is 3. The Morgan fingerprint density at radius 1 is 1.35 bits per heavy atom. The summed E-state index contributed by atoms with van der Waals surface area (Å²) in [7, 11) is 0. The number of halogens is 3. The van der Waals surface area contributed by atoms with Gasteiger partial charge in [0, 0.05) is 11.3 Å². The molecular formula is C10H8F3NO2S. The van der Waals surface area contributed by atoms with E-state index in [9.17, 15) is 18.0 Å². The smallest absolute Gasteiger partial charge is 0.321 e. The van der Waals surface area contributed by atoms with Gasteiger partial charge < -0.3 is 5.11 Å². The van der Waals surface area contributed by atoms with Crippen molar-refractivity contribution < 1.29 is 23.1 Å². The highest BCUT2D eigenvalue weighted by Gasteiger charge is 2.32. The lowest BCUT2D eigenvalue weighted by Crippen LogP contribution is -2.34. The molecule has 1 aromatic carbocycles. The van der Waals surface area contributed by atoms with E-state index in [2.05, 4.69) is 5.32 Å². The molecule has 7 heteroatoms. The largest absolute Gasteiger partial charge is 0.480 e. The van der Waals surface area contributed by atoms with E-state index in [4.69, 9.17) is 5.11 Å². The first-order valence-electron chi connectivity index (χ1n) is 4.74. The summed E-state index contributed by atoms with van der Waals surface area (Å²) >= 11 is 1.14. The summed E-state index contributed by atoms with van der Waals surface area (Å²) in [4.78, 5) is 10.7. The van der Waals surface area contributed by atoms with E-state index in [1.165, 1.54) is 0 Å². The van der Waals surface area contributed by atoms with Gasteiger partial charge in [-0.1, -0.05) is 6.07 Å². The first kappa shape index (κ1) is 12.3. The van der Waals surface area contributed by atoms with Crippen LogP contribution in [0, 0.1) is 17.5 Å². The lowest BCUT2D eigenvalue weighted by Gasteiger charge is -2.12. The summed E-state index contributed by atoms with van der Waals surface area (Å²) in [6.45, 7) is 0. The van der Waals surface area contributed by atoms with Crippen molar-refractivity contribution in [2.45, 2.75) is 11.4 Å². The Kier molecular flexibility index (Phi) is 3.30. The van der Waals surface area contributed by atoms with Crippen LogP contribution in [0.25, 0.3) is 0 Å². The van der Waals surface area contributed by atoms with E-state index in [1.807, 2.05) is 0 Å². The molecule has 3 nitrogen and oxygen atoms in total. The quantitative estimate of drug-likeness (QED) is 0.800. The number of aliphatic carboxylic acids is 1. The van der Waals surface area contributed by atoms with Gasteiger partial charge in [-0.3, -0.25) is 10.1 Å². The molecule has 2 rings (SSSR count). The Morgan fingerprint density at radius 2 is 2.06 bits per heavy atom. The van der Waals surface area contributed by atoms with Gasteiger partial charge in [0.2, 0.25) is 0 Å². The number of carbonyl (C=O) groups is 1. The minimum atomic E-state index is -1.54. The van der Waals surface area contributed by atoms with Crippen molar-refractivity contribution in [3.63, 3.8) is 0 Å². The zero-order valence-electron chi connectivity index (χ0n) is 8.41. The zero-order valence-corrected chi connectivity index (χ0v) is 9.23. The van der Waals surface area contributed by atoms with Gasteiger partial charge in [-0.15, -0.1) is 11.8 Å². The molecule has 92 valence electrons. The molecule has 0 saturated carbocycles. The predicted molar refractivity (Wildman–Crippen MR) is 56.1 cm³/mol. The van der Waals surface area contributed by atoms with Gasteiger partial charge in [-0.2, -0.15) is 0 Å². The third-order valence-corrected chi connectivity index (χ3v) is 3.68. The van der Waals surface area contributed by atoms with Crippen molar-refractivity contribution in [3.8, 4) is 0 Å². The minimum Gasteiger partial charge on any atom is -0.480 e. The van der Waals surface area contributed by atoms with Gasteiger partial charge in [-0.25, -0.2) is 13.2 Å². The number of rotatable bonds is 2. The second-order valence-corrected chi connectivity index (χ2v) is 4.67. The molecule has 0 spiro atoms. The van der Waals surface area contributed by atoms with Gasteiger partial charge >= 0.3 is 5.97 Å². The highest BCUT2D eigenvalue weighted by Crippen LogP contribution is 2.35.